The fraction of sp³-hybridized carbons (Fsp3) is 0.632. The van der Waals surface area contributed by atoms with E-state index in [4.69, 9.17) is 16.5 Å². The van der Waals surface area contributed by atoms with Crippen molar-refractivity contribution in [2.24, 2.45) is 16.3 Å². The van der Waals surface area contributed by atoms with Gasteiger partial charge in [0.05, 0.1) is 16.9 Å². The van der Waals surface area contributed by atoms with Gasteiger partial charge in [0.1, 0.15) is 0 Å². The number of benzene rings is 1. The third-order valence-electron chi connectivity index (χ3n) is 5.37. The lowest BCUT2D eigenvalue weighted by molar-refractivity contribution is 0.234. The van der Waals surface area contributed by atoms with Gasteiger partial charge in [0, 0.05) is 30.6 Å². The molecule has 0 saturated carbocycles. The number of aliphatic imine (C=N–C) groups is 1. The monoisotopic (exact) mass is 316 g/mol. The number of nitrogens with zero attached hydrogens (tertiary/aromatic N) is 2. The van der Waals surface area contributed by atoms with Gasteiger partial charge in [-0.1, -0.05) is 27.7 Å². The Hall–Kier alpha value is -1.71. The number of hydrogen-bond acceptors (Lipinski definition) is 4. The maximum Gasteiger partial charge on any atom is 0.0709 e. The van der Waals surface area contributed by atoms with Gasteiger partial charge < -0.3 is 16.4 Å². The summed E-state index contributed by atoms with van der Waals surface area (Å²) in [6.45, 7) is 15.3. The van der Waals surface area contributed by atoms with Crippen LogP contribution in [0.1, 0.15) is 53.5 Å². The Kier molecular flexibility index (Phi) is 4.65. The van der Waals surface area contributed by atoms with Crippen molar-refractivity contribution >= 4 is 23.3 Å². The van der Waals surface area contributed by atoms with Crippen molar-refractivity contribution in [2.45, 2.75) is 53.5 Å². The highest BCUT2D eigenvalue weighted by Gasteiger charge is 2.32. The first kappa shape index (κ1) is 17.6. The highest BCUT2D eigenvalue weighted by molar-refractivity contribution is 5.99. The Labute approximate surface area is 141 Å². The average Bonchev–Trinajstić information content (AvgIpc) is 2.84. The van der Waals surface area contributed by atoms with Crippen LogP contribution in [0.5, 0.6) is 0 Å². The lowest BCUT2D eigenvalue weighted by Crippen LogP contribution is -2.34. The second kappa shape index (κ2) is 6.06. The molecule has 0 aliphatic carbocycles. The normalized spacial score (nSPS) is 19.7. The van der Waals surface area contributed by atoms with Crippen molar-refractivity contribution in [3.63, 3.8) is 0 Å². The molecule has 1 aliphatic heterocycles. The van der Waals surface area contributed by atoms with Crippen molar-refractivity contribution in [3.8, 4) is 0 Å². The summed E-state index contributed by atoms with van der Waals surface area (Å²) in [5.74, 6) is 0.687. The van der Waals surface area contributed by atoms with Gasteiger partial charge in [-0.3, -0.25) is 4.99 Å². The minimum Gasteiger partial charge on any atom is -0.398 e. The molecule has 0 radical (unpaired) electrons. The molecule has 0 bridgehead atoms. The first-order valence-corrected chi connectivity index (χ1v) is 8.51. The molecule has 0 aromatic heterocycles. The highest BCUT2D eigenvalue weighted by atomic mass is 15.2. The van der Waals surface area contributed by atoms with Crippen LogP contribution in [0.2, 0.25) is 0 Å². The zero-order valence-corrected chi connectivity index (χ0v) is 15.5. The van der Waals surface area contributed by atoms with Crippen molar-refractivity contribution in [1.82, 2.24) is 0 Å². The first-order chi connectivity index (χ1) is 10.5. The van der Waals surface area contributed by atoms with Crippen molar-refractivity contribution in [2.75, 3.05) is 29.5 Å². The van der Waals surface area contributed by atoms with Crippen LogP contribution in [0.25, 0.3) is 0 Å². The molecule has 0 unspecified atom stereocenters. The minimum atomic E-state index is -0.181. The van der Waals surface area contributed by atoms with Gasteiger partial charge in [-0.05, 0) is 43.7 Å². The Balaban J connectivity index is 2.44. The molecule has 2 rings (SSSR count). The number of rotatable bonds is 3. The van der Waals surface area contributed by atoms with Crippen LogP contribution in [0, 0.1) is 11.3 Å². The van der Waals surface area contributed by atoms with Crippen LogP contribution in [0.3, 0.4) is 0 Å². The summed E-state index contributed by atoms with van der Waals surface area (Å²) < 4.78 is 0. The second-order valence-electron chi connectivity index (χ2n) is 8.41. The van der Waals surface area contributed by atoms with Gasteiger partial charge in [0.2, 0.25) is 0 Å². The molecular formula is C19H32N4. The van der Waals surface area contributed by atoms with E-state index < -0.39 is 0 Å². The predicted octanol–water partition coefficient (Wildman–Crippen LogP) is 3.94. The molecule has 1 aliphatic rings. The first-order valence-electron chi connectivity index (χ1n) is 8.51. The summed E-state index contributed by atoms with van der Waals surface area (Å²) in [6, 6.07) is 3.78. The highest BCUT2D eigenvalue weighted by Crippen LogP contribution is 2.36. The van der Waals surface area contributed by atoms with Crippen molar-refractivity contribution in [3.05, 3.63) is 17.7 Å². The third kappa shape index (κ3) is 3.62. The van der Waals surface area contributed by atoms with Crippen LogP contribution in [-0.4, -0.2) is 24.8 Å². The lowest BCUT2D eigenvalue weighted by atomic mass is 9.77. The average molecular weight is 316 g/mol. The van der Waals surface area contributed by atoms with Crippen molar-refractivity contribution in [1.29, 1.82) is 0 Å². The van der Waals surface area contributed by atoms with E-state index in [2.05, 4.69) is 46.4 Å². The molecule has 0 spiro atoms. The van der Waals surface area contributed by atoms with E-state index in [0.717, 1.165) is 35.7 Å². The predicted molar refractivity (Wildman–Crippen MR) is 102 cm³/mol. The largest absolute Gasteiger partial charge is 0.398 e. The van der Waals surface area contributed by atoms with E-state index in [-0.39, 0.29) is 11.0 Å². The molecular weight excluding hydrogens is 284 g/mol. The summed E-state index contributed by atoms with van der Waals surface area (Å²) in [6.07, 6.45) is 3.12. The number of hydrogen-bond donors (Lipinski definition) is 2. The van der Waals surface area contributed by atoms with E-state index in [0.29, 0.717) is 5.92 Å². The maximum absolute atomic E-state index is 6.28. The molecule has 1 fully saturated rings. The second-order valence-corrected chi connectivity index (χ2v) is 8.41. The van der Waals surface area contributed by atoms with E-state index in [1.54, 1.807) is 0 Å². The van der Waals surface area contributed by atoms with Gasteiger partial charge in [-0.25, -0.2) is 0 Å². The van der Waals surface area contributed by atoms with E-state index >= 15 is 0 Å². The van der Waals surface area contributed by atoms with Gasteiger partial charge in [-0.15, -0.1) is 0 Å². The molecule has 1 atom stereocenters. The number of nitrogens with two attached hydrogens (primary N) is 2. The van der Waals surface area contributed by atoms with Gasteiger partial charge in [-0.2, -0.15) is 0 Å². The van der Waals surface area contributed by atoms with Crippen LogP contribution in [0.4, 0.5) is 17.1 Å². The van der Waals surface area contributed by atoms with Crippen LogP contribution in [-0.2, 0) is 0 Å². The molecule has 4 nitrogen and oxygen atoms in total. The number of anilines is 3. The minimum absolute atomic E-state index is 0.0703. The summed E-state index contributed by atoms with van der Waals surface area (Å²) in [5.41, 5.74) is 15.9. The summed E-state index contributed by atoms with van der Waals surface area (Å²) in [4.78, 5) is 7.21. The summed E-state index contributed by atoms with van der Waals surface area (Å²) >= 11 is 0. The Morgan fingerprint density at radius 3 is 2.26 bits per heavy atom. The summed E-state index contributed by atoms with van der Waals surface area (Å²) in [5, 5.41) is 0. The smallest absolute Gasteiger partial charge is 0.0709 e. The van der Waals surface area contributed by atoms with Gasteiger partial charge >= 0.3 is 0 Å². The van der Waals surface area contributed by atoms with Gasteiger partial charge in [0.25, 0.3) is 0 Å². The SMILES string of the molecule is C[C@H]1CCN(c2c(N)ccc(N)c2C=NC(C)(C)C(C)(C)C)C1. The molecule has 0 amide bonds. The lowest BCUT2D eigenvalue weighted by Gasteiger charge is -2.35. The molecule has 1 aromatic rings. The summed E-state index contributed by atoms with van der Waals surface area (Å²) in [7, 11) is 0. The fourth-order valence-electron chi connectivity index (χ4n) is 2.69. The molecule has 4 heteroatoms. The topological polar surface area (TPSA) is 67.6 Å². The zero-order chi connectivity index (χ0) is 17.4. The van der Waals surface area contributed by atoms with E-state index in [9.17, 15) is 0 Å². The Morgan fingerprint density at radius 1 is 1.13 bits per heavy atom. The molecule has 128 valence electrons. The van der Waals surface area contributed by atoms with Gasteiger partial charge in [0.15, 0.2) is 0 Å². The van der Waals surface area contributed by atoms with Crippen LogP contribution in [0.15, 0.2) is 17.1 Å². The van der Waals surface area contributed by atoms with E-state index in [1.165, 1.54) is 6.42 Å². The zero-order valence-electron chi connectivity index (χ0n) is 15.5. The molecule has 1 aromatic carbocycles. The molecule has 1 saturated heterocycles. The van der Waals surface area contributed by atoms with Crippen LogP contribution < -0.4 is 16.4 Å². The molecule has 23 heavy (non-hydrogen) atoms. The van der Waals surface area contributed by atoms with Crippen molar-refractivity contribution < 1.29 is 0 Å². The standard InChI is InChI=1S/C19H32N4/c1-13-9-10-23(12-13)17-14(15(20)7-8-16(17)21)11-22-19(5,6)18(2,3)4/h7-8,11,13H,9-10,12,20-21H2,1-6H3/t13-/m0/s1. The third-order valence-corrected chi connectivity index (χ3v) is 5.37. The quantitative estimate of drug-likeness (QED) is 0.655. The molecule has 1 heterocycles. The Bertz CT molecular complexity index is 596. The fourth-order valence-corrected chi connectivity index (χ4v) is 2.69. The maximum atomic E-state index is 6.28. The molecule has 4 N–H and O–H groups in total. The van der Waals surface area contributed by atoms with E-state index in [1.807, 2.05) is 18.3 Å². The van der Waals surface area contributed by atoms with Crippen LogP contribution >= 0.6 is 0 Å². The Morgan fingerprint density at radius 2 is 1.74 bits per heavy atom. The number of nitrogen functional groups attached to an aromatic ring is 2.